The molecule has 1 fully saturated rings. The van der Waals surface area contributed by atoms with Crippen LogP contribution in [0.25, 0.3) is 0 Å². The summed E-state index contributed by atoms with van der Waals surface area (Å²) in [6.45, 7) is 2.73. The van der Waals surface area contributed by atoms with Gasteiger partial charge in [0.1, 0.15) is 5.69 Å². The van der Waals surface area contributed by atoms with Gasteiger partial charge in [-0.25, -0.2) is 0 Å². The Morgan fingerprint density at radius 3 is 3.05 bits per heavy atom. The summed E-state index contributed by atoms with van der Waals surface area (Å²) in [5, 5.41) is 23.1. The van der Waals surface area contributed by atoms with Crippen LogP contribution in [0.4, 0.5) is 11.4 Å². The second kappa shape index (κ2) is 6.35. The second-order valence-corrected chi connectivity index (χ2v) is 4.87. The lowest BCUT2D eigenvalue weighted by Crippen LogP contribution is -2.33. The number of nitrogens with zero attached hydrogens (tertiary/aromatic N) is 2. The Kier molecular flexibility index (Phi) is 4.53. The Hall–Kier alpha value is -2.13. The number of nitriles is 1. The number of ether oxygens (including phenoxy) is 1. The van der Waals surface area contributed by atoms with E-state index >= 15 is 0 Å². The highest BCUT2D eigenvalue weighted by Crippen LogP contribution is 2.28. The zero-order valence-corrected chi connectivity index (χ0v) is 11.3. The summed E-state index contributed by atoms with van der Waals surface area (Å²) >= 11 is 0. The average molecular weight is 275 g/mol. The summed E-state index contributed by atoms with van der Waals surface area (Å²) in [6, 6.07) is 6.58. The summed E-state index contributed by atoms with van der Waals surface area (Å²) in [7, 11) is 0. The smallest absolute Gasteiger partial charge is 0.293 e. The summed E-state index contributed by atoms with van der Waals surface area (Å²) in [6.07, 6.45) is 2.81. The average Bonchev–Trinajstić information content (AvgIpc) is 2.47. The topological polar surface area (TPSA) is 88.2 Å². The summed E-state index contributed by atoms with van der Waals surface area (Å²) in [4.78, 5) is 10.6. The third-order valence-electron chi connectivity index (χ3n) is 3.51. The Balaban J connectivity index is 2.16. The number of nitrogens with one attached hydrogen (secondary N) is 1. The molecule has 6 nitrogen and oxygen atoms in total. The van der Waals surface area contributed by atoms with Gasteiger partial charge < -0.3 is 10.1 Å². The Morgan fingerprint density at radius 2 is 2.40 bits per heavy atom. The van der Waals surface area contributed by atoms with Crippen LogP contribution in [0, 0.1) is 21.4 Å². The fraction of sp³-hybridized carbons (Fsp3) is 0.500. The van der Waals surface area contributed by atoms with Gasteiger partial charge in [0.2, 0.25) is 0 Å². The largest absolute Gasteiger partial charge is 0.378 e. The van der Waals surface area contributed by atoms with Gasteiger partial charge in [-0.1, -0.05) is 6.92 Å². The monoisotopic (exact) mass is 275 g/mol. The summed E-state index contributed by atoms with van der Waals surface area (Å²) in [5.74, 6) is 0. The lowest BCUT2D eigenvalue weighted by molar-refractivity contribution is -0.384. The van der Waals surface area contributed by atoms with Crippen molar-refractivity contribution in [2.45, 2.75) is 38.3 Å². The first kappa shape index (κ1) is 14.3. The molecule has 0 aliphatic carbocycles. The van der Waals surface area contributed by atoms with E-state index in [0.29, 0.717) is 17.9 Å². The molecule has 1 saturated heterocycles. The maximum atomic E-state index is 11.1. The molecule has 0 spiro atoms. The van der Waals surface area contributed by atoms with Crippen molar-refractivity contribution in [3.63, 3.8) is 0 Å². The van der Waals surface area contributed by atoms with Crippen LogP contribution in [0.3, 0.4) is 0 Å². The third kappa shape index (κ3) is 3.25. The first-order chi connectivity index (χ1) is 9.63. The van der Waals surface area contributed by atoms with E-state index in [9.17, 15) is 10.1 Å². The number of nitro groups is 1. The molecule has 1 aliphatic heterocycles. The molecule has 106 valence electrons. The highest BCUT2D eigenvalue weighted by Gasteiger charge is 2.24. The second-order valence-electron chi connectivity index (χ2n) is 4.87. The van der Waals surface area contributed by atoms with Crippen LogP contribution in [0.1, 0.15) is 31.7 Å². The van der Waals surface area contributed by atoms with Gasteiger partial charge in [0.05, 0.1) is 22.7 Å². The molecule has 2 unspecified atom stereocenters. The van der Waals surface area contributed by atoms with E-state index < -0.39 is 4.92 Å². The van der Waals surface area contributed by atoms with Crippen LogP contribution in [-0.4, -0.2) is 23.7 Å². The van der Waals surface area contributed by atoms with E-state index in [1.54, 1.807) is 12.1 Å². The van der Waals surface area contributed by atoms with E-state index in [1.807, 2.05) is 6.07 Å². The molecule has 20 heavy (non-hydrogen) atoms. The minimum atomic E-state index is -0.459. The first-order valence-corrected chi connectivity index (χ1v) is 6.70. The fourth-order valence-corrected chi connectivity index (χ4v) is 2.39. The van der Waals surface area contributed by atoms with Crippen LogP contribution in [-0.2, 0) is 4.74 Å². The molecule has 0 saturated carbocycles. The Bertz CT molecular complexity index is 539. The quantitative estimate of drug-likeness (QED) is 0.674. The van der Waals surface area contributed by atoms with Gasteiger partial charge in [-0.3, -0.25) is 10.1 Å². The van der Waals surface area contributed by atoms with Gasteiger partial charge in [0.15, 0.2) is 0 Å². The van der Waals surface area contributed by atoms with Gasteiger partial charge >= 0.3 is 0 Å². The van der Waals surface area contributed by atoms with E-state index in [-0.39, 0.29) is 17.8 Å². The number of nitro benzene ring substituents is 1. The van der Waals surface area contributed by atoms with E-state index in [1.165, 1.54) is 6.07 Å². The van der Waals surface area contributed by atoms with Crippen molar-refractivity contribution < 1.29 is 9.66 Å². The number of rotatable bonds is 4. The lowest BCUT2D eigenvalue weighted by atomic mass is 10.0. The van der Waals surface area contributed by atoms with E-state index in [2.05, 4.69) is 12.2 Å². The highest BCUT2D eigenvalue weighted by molar-refractivity contribution is 5.64. The van der Waals surface area contributed by atoms with Crippen molar-refractivity contribution in [2.24, 2.45) is 0 Å². The van der Waals surface area contributed by atoms with Gasteiger partial charge in [-0.05, 0) is 31.4 Å². The van der Waals surface area contributed by atoms with Crippen LogP contribution in [0.15, 0.2) is 18.2 Å². The van der Waals surface area contributed by atoms with E-state index in [4.69, 9.17) is 10.00 Å². The van der Waals surface area contributed by atoms with Crippen LogP contribution in [0.2, 0.25) is 0 Å². The molecule has 1 aliphatic rings. The molecule has 1 aromatic carbocycles. The molecule has 0 radical (unpaired) electrons. The van der Waals surface area contributed by atoms with Crippen molar-refractivity contribution in [1.82, 2.24) is 0 Å². The van der Waals surface area contributed by atoms with Crippen LogP contribution < -0.4 is 5.32 Å². The van der Waals surface area contributed by atoms with Gasteiger partial charge in [-0.2, -0.15) is 5.26 Å². The summed E-state index contributed by atoms with van der Waals surface area (Å²) < 4.78 is 5.59. The molecule has 0 aromatic heterocycles. The van der Waals surface area contributed by atoms with Gasteiger partial charge in [-0.15, -0.1) is 0 Å². The molecular weight excluding hydrogens is 258 g/mol. The van der Waals surface area contributed by atoms with Crippen molar-refractivity contribution in [3.05, 3.63) is 33.9 Å². The predicted molar refractivity (Wildman–Crippen MR) is 74.5 cm³/mol. The maximum absolute atomic E-state index is 11.1. The van der Waals surface area contributed by atoms with Crippen molar-refractivity contribution in [2.75, 3.05) is 11.9 Å². The molecule has 1 heterocycles. The lowest BCUT2D eigenvalue weighted by Gasteiger charge is -2.30. The minimum absolute atomic E-state index is 0.0522. The molecule has 1 aromatic rings. The normalized spacial score (nSPS) is 22.0. The molecule has 2 atom stereocenters. The highest BCUT2D eigenvalue weighted by atomic mass is 16.6. The molecule has 0 amide bonds. The summed E-state index contributed by atoms with van der Waals surface area (Å²) in [5.41, 5.74) is 0.708. The van der Waals surface area contributed by atoms with Gasteiger partial charge in [0, 0.05) is 18.7 Å². The standard InChI is InChI=1S/C14H17N3O3/c1-2-12-8-11(5-6-20-12)16-13-4-3-10(9-15)7-14(13)17(18)19/h3-4,7,11-12,16H,2,5-6,8H2,1H3. The maximum Gasteiger partial charge on any atom is 0.293 e. The van der Waals surface area contributed by atoms with Crippen LogP contribution in [0.5, 0.6) is 0 Å². The number of benzene rings is 1. The SMILES string of the molecule is CCC1CC(Nc2ccc(C#N)cc2[N+](=O)[O-])CCO1. The molecule has 2 rings (SSSR count). The zero-order chi connectivity index (χ0) is 14.5. The molecular formula is C14H17N3O3. The fourth-order valence-electron chi connectivity index (χ4n) is 2.39. The molecule has 0 bridgehead atoms. The van der Waals surface area contributed by atoms with Crippen molar-refractivity contribution in [1.29, 1.82) is 5.26 Å². The van der Waals surface area contributed by atoms with Crippen molar-refractivity contribution in [3.8, 4) is 6.07 Å². The minimum Gasteiger partial charge on any atom is -0.378 e. The Labute approximate surface area is 117 Å². The first-order valence-electron chi connectivity index (χ1n) is 6.70. The number of anilines is 1. The number of hydrogen-bond acceptors (Lipinski definition) is 5. The Morgan fingerprint density at radius 1 is 1.60 bits per heavy atom. The van der Waals surface area contributed by atoms with Crippen LogP contribution >= 0.6 is 0 Å². The molecule has 1 N–H and O–H groups in total. The van der Waals surface area contributed by atoms with E-state index in [0.717, 1.165) is 19.3 Å². The van der Waals surface area contributed by atoms with Gasteiger partial charge in [0.25, 0.3) is 5.69 Å². The third-order valence-corrected chi connectivity index (χ3v) is 3.51. The molecule has 6 heteroatoms. The van der Waals surface area contributed by atoms with Crippen molar-refractivity contribution >= 4 is 11.4 Å². The number of hydrogen-bond donors (Lipinski definition) is 1. The zero-order valence-electron chi connectivity index (χ0n) is 11.3. The predicted octanol–water partition coefficient (Wildman–Crippen LogP) is 2.84.